The van der Waals surface area contributed by atoms with Crippen LogP contribution in [0.5, 0.6) is 0 Å². The maximum absolute atomic E-state index is 13.0. The third-order valence-corrected chi connectivity index (χ3v) is 4.80. The number of rotatable bonds is 7. The van der Waals surface area contributed by atoms with Crippen LogP contribution < -0.4 is 5.32 Å². The Bertz CT molecular complexity index is 1070. The van der Waals surface area contributed by atoms with Gasteiger partial charge < -0.3 is 10.1 Å². The van der Waals surface area contributed by atoms with Crippen molar-refractivity contribution in [1.29, 1.82) is 0 Å². The van der Waals surface area contributed by atoms with Crippen molar-refractivity contribution in [2.24, 2.45) is 0 Å². The summed E-state index contributed by atoms with van der Waals surface area (Å²) < 4.78 is 7.18. The smallest absolute Gasteiger partial charge is 0.339 e. The predicted molar refractivity (Wildman–Crippen MR) is 123 cm³/mol. The fraction of sp³-hybridized carbons (Fsp3) is 0.208. The van der Waals surface area contributed by atoms with Crippen LogP contribution in [0, 0.1) is 0 Å². The molecule has 1 unspecified atom stereocenters. The Balaban J connectivity index is 1.79. The summed E-state index contributed by atoms with van der Waals surface area (Å²) in [6, 6.07) is 18.1. The standard InChI is InChI=1S/C24H24ClN3O3/c1-16(2)28-22(13-14-26-28)27-23(29)17(3)31-24(30)21(15-18-7-5-4-6-8-18)19-9-11-20(25)12-10-19/h4-17H,1-3H3,(H,27,29)/b21-15+. The lowest BCUT2D eigenvalue weighted by molar-refractivity contribution is -0.147. The summed E-state index contributed by atoms with van der Waals surface area (Å²) in [7, 11) is 0. The van der Waals surface area contributed by atoms with E-state index in [1.807, 2.05) is 44.2 Å². The molecule has 31 heavy (non-hydrogen) atoms. The van der Waals surface area contributed by atoms with Gasteiger partial charge >= 0.3 is 5.97 Å². The van der Waals surface area contributed by atoms with E-state index in [-0.39, 0.29) is 6.04 Å². The van der Waals surface area contributed by atoms with Crippen molar-refractivity contribution in [3.05, 3.63) is 83.0 Å². The Morgan fingerprint density at radius 3 is 2.35 bits per heavy atom. The van der Waals surface area contributed by atoms with Crippen LogP contribution in [0.4, 0.5) is 5.82 Å². The van der Waals surface area contributed by atoms with E-state index in [9.17, 15) is 9.59 Å². The molecule has 7 heteroatoms. The van der Waals surface area contributed by atoms with Crippen LogP contribution >= 0.6 is 11.6 Å². The lowest BCUT2D eigenvalue weighted by atomic mass is 10.0. The highest BCUT2D eigenvalue weighted by Gasteiger charge is 2.23. The van der Waals surface area contributed by atoms with Crippen molar-refractivity contribution in [2.75, 3.05) is 5.32 Å². The number of hydrogen-bond acceptors (Lipinski definition) is 4. The van der Waals surface area contributed by atoms with Crippen molar-refractivity contribution < 1.29 is 14.3 Å². The molecule has 1 atom stereocenters. The first kappa shape index (κ1) is 22.3. The van der Waals surface area contributed by atoms with Gasteiger partial charge in [-0.15, -0.1) is 0 Å². The summed E-state index contributed by atoms with van der Waals surface area (Å²) >= 11 is 5.99. The number of esters is 1. The molecule has 0 spiro atoms. The number of amides is 1. The molecule has 0 bridgehead atoms. The van der Waals surface area contributed by atoms with E-state index in [4.69, 9.17) is 16.3 Å². The van der Waals surface area contributed by atoms with Crippen LogP contribution in [0.25, 0.3) is 11.6 Å². The molecular weight excluding hydrogens is 414 g/mol. The highest BCUT2D eigenvalue weighted by atomic mass is 35.5. The zero-order valence-corrected chi connectivity index (χ0v) is 18.3. The zero-order chi connectivity index (χ0) is 22.4. The minimum Gasteiger partial charge on any atom is -0.449 e. The van der Waals surface area contributed by atoms with E-state index < -0.39 is 18.0 Å². The topological polar surface area (TPSA) is 73.2 Å². The second kappa shape index (κ2) is 10.1. The largest absolute Gasteiger partial charge is 0.449 e. The molecular formula is C24H24ClN3O3. The van der Waals surface area contributed by atoms with E-state index in [2.05, 4.69) is 10.4 Å². The first-order chi connectivity index (χ1) is 14.8. The van der Waals surface area contributed by atoms with Gasteiger partial charge in [-0.05, 0) is 50.1 Å². The van der Waals surface area contributed by atoms with Crippen molar-refractivity contribution in [1.82, 2.24) is 9.78 Å². The summed E-state index contributed by atoms with van der Waals surface area (Å²) in [5.74, 6) is -0.502. The molecule has 160 valence electrons. The number of halogens is 1. The third-order valence-electron chi connectivity index (χ3n) is 4.55. The van der Waals surface area contributed by atoms with Gasteiger partial charge in [0.2, 0.25) is 0 Å². The van der Waals surface area contributed by atoms with Gasteiger partial charge in [0.05, 0.1) is 11.8 Å². The van der Waals surface area contributed by atoms with Gasteiger partial charge in [0.1, 0.15) is 5.82 Å². The molecule has 3 rings (SSSR count). The van der Waals surface area contributed by atoms with Crippen LogP contribution in [-0.4, -0.2) is 27.8 Å². The number of carbonyl (C=O) groups excluding carboxylic acids is 2. The summed E-state index contributed by atoms with van der Waals surface area (Å²) in [5, 5.41) is 7.51. The molecule has 2 aromatic carbocycles. The number of hydrogen-bond donors (Lipinski definition) is 1. The van der Waals surface area contributed by atoms with Crippen molar-refractivity contribution in [2.45, 2.75) is 32.9 Å². The molecule has 6 nitrogen and oxygen atoms in total. The first-order valence-corrected chi connectivity index (χ1v) is 10.3. The molecule has 0 aliphatic carbocycles. The Kier molecular flexibility index (Phi) is 7.26. The molecule has 0 fully saturated rings. The summed E-state index contributed by atoms with van der Waals surface area (Å²) in [6.45, 7) is 5.45. The zero-order valence-electron chi connectivity index (χ0n) is 17.6. The molecule has 0 aliphatic rings. The maximum Gasteiger partial charge on any atom is 0.339 e. The van der Waals surface area contributed by atoms with Crippen LogP contribution in [0.15, 0.2) is 66.9 Å². The Morgan fingerprint density at radius 1 is 1.03 bits per heavy atom. The van der Waals surface area contributed by atoms with Gasteiger partial charge in [-0.1, -0.05) is 54.1 Å². The fourth-order valence-electron chi connectivity index (χ4n) is 2.94. The second-order valence-electron chi connectivity index (χ2n) is 7.27. The van der Waals surface area contributed by atoms with Gasteiger partial charge in [-0.2, -0.15) is 5.10 Å². The van der Waals surface area contributed by atoms with Gasteiger partial charge in [0, 0.05) is 17.1 Å². The highest BCUT2D eigenvalue weighted by molar-refractivity contribution is 6.30. The molecule has 1 amide bonds. The Morgan fingerprint density at radius 2 is 1.71 bits per heavy atom. The van der Waals surface area contributed by atoms with E-state index in [0.29, 0.717) is 22.0 Å². The average Bonchev–Trinajstić information content (AvgIpc) is 3.22. The quantitative estimate of drug-likeness (QED) is 0.312. The minimum atomic E-state index is -1.01. The molecule has 0 radical (unpaired) electrons. The van der Waals surface area contributed by atoms with E-state index in [1.54, 1.807) is 47.3 Å². The van der Waals surface area contributed by atoms with Crippen LogP contribution in [-0.2, 0) is 14.3 Å². The van der Waals surface area contributed by atoms with Crippen molar-refractivity contribution in [3.8, 4) is 0 Å². The number of nitrogens with one attached hydrogen (secondary N) is 1. The van der Waals surface area contributed by atoms with Crippen molar-refractivity contribution >= 4 is 40.9 Å². The van der Waals surface area contributed by atoms with Crippen LogP contribution in [0.2, 0.25) is 5.02 Å². The second-order valence-corrected chi connectivity index (χ2v) is 7.70. The Labute approximate surface area is 186 Å². The lowest BCUT2D eigenvalue weighted by Gasteiger charge is -2.17. The summed E-state index contributed by atoms with van der Waals surface area (Å²) in [4.78, 5) is 25.6. The van der Waals surface area contributed by atoms with Gasteiger partial charge in [-0.25, -0.2) is 9.48 Å². The molecule has 0 aliphatic heterocycles. The van der Waals surface area contributed by atoms with Crippen LogP contribution in [0.1, 0.15) is 37.9 Å². The first-order valence-electron chi connectivity index (χ1n) is 9.93. The number of aromatic nitrogens is 2. The number of anilines is 1. The minimum absolute atomic E-state index is 0.0773. The van der Waals surface area contributed by atoms with E-state index in [1.165, 1.54) is 6.92 Å². The van der Waals surface area contributed by atoms with Crippen LogP contribution in [0.3, 0.4) is 0 Å². The lowest BCUT2D eigenvalue weighted by Crippen LogP contribution is -2.31. The number of ether oxygens (including phenoxy) is 1. The van der Waals surface area contributed by atoms with E-state index in [0.717, 1.165) is 5.56 Å². The van der Waals surface area contributed by atoms with Gasteiger partial charge in [0.25, 0.3) is 5.91 Å². The number of benzene rings is 2. The Hall–Kier alpha value is -3.38. The average molecular weight is 438 g/mol. The maximum atomic E-state index is 13.0. The van der Waals surface area contributed by atoms with Crippen molar-refractivity contribution in [3.63, 3.8) is 0 Å². The highest BCUT2D eigenvalue weighted by Crippen LogP contribution is 2.23. The molecule has 1 N–H and O–H groups in total. The number of nitrogens with zero attached hydrogens (tertiary/aromatic N) is 2. The fourth-order valence-corrected chi connectivity index (χ4v) is 3.06. The predicted octanol–water partition coefficient (Wildman–Crippen LogP) is 5.23. The third kappa shape index (κ3) is 5.83. The normalized spacial score (nSPS) is 12.5. The molecule has 0 saturated heterocycles. The van der Waals surface area contributed by atoms with E-state index >= 15 is 0 Å². The monoisotopic (exact) mass is 437 g/mol. The SMILES string of the molecule is CC(OC(=O)/C(=C/c1ccccc1)c1ccc(Cl)cc1)C(=O)Nc1ccnn1C(C)C. The van der Waals surface area contributed by atoms with Gasteiger partial charge in [0.15, 0.2) is 6.10 Å². The summed E-state index contributed by atoms with van der Waals surface area (Å²) in [6.07, 6.45) is 2.33. The molecule has 1 aromatic heterocycles. The van der Waals surface area contributed by atoms with Gasteiger partial charge in [-0.3, -0.25) is 4.79 Å². The number of carbonyl (C=O) groups is 2. The molecule has 0 saturated carbocycles. The molecule has 1 heterocycles. The summed E-state index contributed by atoms with van der Waals surface area (Å²) in [5.41, 5.74) is 1.81. The molecule has 3 aromatic rings.